The molecule has 5 rings (SSSR count). The van der Waals surface area contributed by atoms with Crippen LogP contribution in [0.4, 0.5) is 11.6 Å². The van der Waals surface area contributed by atoms with Crippen LogP contribution in [0.1, 0.15) is 43.7 Å². The molecule has 1 aromatic carbocycles. The van der Waals surface area contributed by atoms with Crippen molar-refractivity contribution < 1.29 is 0 Å². The number of thiophene rings is 1. The molecule has 0 fully saturated rings. The first kappa shape index (κ1) is 20.9. The molecule has 0 bridgehead atoms. The monoisotopic (exact) mass is 448 g/mol. The molecule has 4 heterocycles. The lowest BCUT2D eigenvalue weighted by atomic mass is 9.95. The molecule has 7 nitrogen and oxygen atoms in total. The fraction of sp³-hybridized carbons (Fsp3) is 0.375. The molecule has 8 heteroatoms. The van der Waals surface area contributed by atoms with Crippen LogP contribution in [0.5, 0.6) is 0 Å². The minimum Gasteiger partial charge on any atom is -0.324 e. The zero-order valence-corrected chi connectivity index (χ0v) is 19.7. The summed E-state index contributed by atoms with van der Waals surface area (Å²) in [6, 6.07) is 8.52. The van der Waals surface area contributed by atoms with E-state index >= 15 is 0 Å². The Morgan fingerprint density at radius 1 is 1.22 bits per heavy atom. The van der Waals surface area contributed by atoms with E-state index in [0.29, 0.717) is 23.5 Å². The predicted octanol–water partition coefficient (Wildman–Crippen LogP) is 4.35. The van der Waals surface area contributed by atoms with Crippen molar-refractivity contribution in [1.29, 1.82) is 0 Å². The lowest BCUT2D eigenvalue weighted by molar-refractivity contribution is 0.573. The molecule has 0 amide bonds. The number of fused-ring (bicyclic) bond motifs is 2. The highest BCUT2D eigenvalue weighted by Gasteiger charge is 2.21. The van der Waals surface area contributed by atoms with Crippen LogP contribution >= 0.6 is 11.3 Å². The van der Waals surface area contributed by atoms with E-state index in [1.807, 2.05) is 11.6 Å². The van der Waals surface area contributed by atoms with Gasteiger partial charge in [0, 0.05) is 35.2 Å². The van der Waals surface area contributed by atoms with Gasteiger partial charge in [0.1, 0.15) is 5.39 Å². The van der Waals surface area contributed by atoms with Gasteiger partial charge in [-0.05, 0) is 54.6 Å². The van der Waals surface area contributed by atoms with Crippen LogP contribution in [0.3, 0.4) is 0 Å². The van der Waals surface area contributed by atoms with E-state index in [2.05, 4.69) is 66.0 Å². The molecule has 32 heavy (non-hydrogen) atoms. The summed E-state index contributed by atoms with van der Waals surface area (Å²) in [5.74, 6) is 0.486. The molecule has 2 N–H and O–H groups in total. The third kappa shape index (κ3) is 3.63. The first-order chi connectivity index (χ1) is 15.3. The topological polar surface area (TPSA) is 76.8 Å². The van der Waals surface area contributed by atoms with Crippen LogP contribution in [-0.2, 0) is 24.9 Å². The molecule has 166 valence electrons. The van der Waals surface area contributed by atoms with E-state index in [0.717, 1.165) is 30.9 Å². The summed E-state index contributed by atoms with van der Waals surface area (Å²) in [7, 11) is 0. The summed E-state index contributed by atoms with van der Waals surface area (Å²) < 4.78 is 3.65. The molecule has 0 radical (unpaired) electrons. The molecule has 0 aliphatic carbocycles. The summed E-state index contributed by atoms with van der Waals surface area (Å²) >= 11 is 1.71. The number of aromatic nitrogens is 4. The average Bonchev–Trinajstić information content (AvgIpc) is 3.36. The molecule has 0 unspecified atom stereocenters. The van der Waals surface area contributed by atoms with Gasteiger partial charge in [0.2, 0.25) is 5.95 Å². The molecule has 0 saturated heterocycles. The van der Waals surface area contributed by atoms with E-state index in [1.54, 1.807) is 22.2 Å². The molecule has 0 saturated carbocycles. The van der Waals surface area contributed by atoms with Crippen LogP contribution in [-0.4, -0.2) is 25.9 Å². The smallest absolute Gasteiger partial charge is 0.278 e. The lowest BCUT2D eigenvalue weighted by Crippen LogP contribution is -2.23. The molecule has 1 aliphatic heterocycles. The van der Waals surface area contributed by atoms with Gasteiger partial charge < -0.3 is 10.6 Å². The zero-order chi connectivity index (χ0) is 22.5. The number of benzene rings is 1. The maximum Gasteiger partial charge on any atom is 0.278 e. The Balaban J connectivity index is 1.58. The Hall–Kier alpha value is -2.97. The molecular weight excluding hydrogens is 420 g/mol. The number of anilines is 2. The summed E-state index contributed by atoms with van der Waals surface area (Å²) in [6.07, 6.45) is 2.65. The molecule has 3 aromatic heterocycles. The number of nitrogens with zero attached hydrogens (tertiary/aromatic N) is 4. The van der Waals surface area contributed by atoms with E-state index in [1.165, 1.54) is 16.0 Å². The highest BCUT2D eigenvalue weighted by Crippen LogP contribution is 2.31. The maximum absolute atomic E-state index is 13.0. The van der Waals surface area contributed by atoms with E-state index in [4.69, 9.17) is 4.98 Å². The summed E-state index contributed by atoms with van der Waals surface area (Å²) in [5.41, 5.74) is 5.19. The Labute approximate surface area is 191 Å². The highest BCUT2D eigenvalue weighted by molar-refractivity contribution is 7.10. The predicted molar refractivity (Wildman–Crippen MR) is 131 cm³/mol. The summed E-state index contributed by atoms with van der Waals surface area (Å²) in [4.78, 5) is 23.5. The van der Waals surface area contributed by atoms with Crippen molar-refractivity contribution in [2.75, 3.05) is 11.9 Å². The van der Waals surface area contributed by atoms with E-state index in [9.17, 15) is 4.79 Å². The minimum atomic E-state index is -0.0705. The SMILES string of the molecule is CCn1c(=O)c2cnc(Nc3ccc4c(c3)CCNC4)nc2n1-c1csc(C(C)(C)C)c1. The van der Waals surface area contributed by atoms with Gasteiger partial charge in [0.25, 0.3) is 5.56 Å². The number of hydrogen-bond acceptors (Lipinski definition) is 6. The number of rotatable bonds is 4. The summed E-state index contributed by atoms with van der Waals surface area (Å²) in [5, 5.41) is 9.35. The molecule has 0 atom stereocenters. The van der Waals surface area contributed by atoms with E-state index < -0.39 is 0 Å². The number of hydrogen-bond donors (Lipinski definition) is 2. The van der Waals surface area contributed by atoms with Crippen molar-refractivity contribution in [2.45, 2.75) is 52.6 Å². The van der Waals surface area contributed by atoms with Gasteiger partial charge in [-0.2, -0.15) is 4.98 Å². The van der Waals surface area contributed by atoms with Gasteiger partial charge in [-0.1, -0.05) is 26.8 Å². The fourth-order valence-corrected chi connectivity index (χ4v) is 5.11. The van der Waals surface area contributed by atoms with Crippen molar-refractivity contribution in [1.82, 2.24) is 24.6 Å². The van der Waals surface area contributed by atoms with Crippen molar-refractivity contribution in [3.8, 4) is 5.69 Å². The average molecular weight is 449 g/mol. The third-order valence-electron chi connectivity index (χ3n) is 5.89. The molecule has 4 aromatic rings. The van der Waals surface area contributed by atoms with Crippen LogP contribution in [0.25, 0.3) is 16.7 Å². The Morgan fingerprint density at radius 2 is 2.06 bits per heavy atom. The Morgan fingerprint density at radius 3 is 2.81 bits per heavy atom. The summed E-state index contributed by atoms with van der Waals surface area (Å²) in [6.45, 7) is 11.0. The van der Waals surface area contributed by atoms with Gasteiger partial charge in [-0.3, -0.25) is 4.79 Å². The number of nitrogens with one attached hydrogen (secondary N) is 2. The first-order valence-electron chi connectivity index (χ1n) is 11.0. The lowest BCUT2D eigenvalue weighted by Gasteiger charge is -2.18. The van der Waals surface area contributed by atoms with Crippen molar-refractivity contribution in [3.63, 3.8) is 0 Å². The van der Waals surface area contributed by atoms with Crippen molar-refractivity contribution in [2.24, 2.45) is 0 Å². The third-order valence-corrected chi connectivity index (χ3v) is 7.24. The van der Waals surface area contributed by atoms with Gasteiger partial charge in [0.15, 0.2) is 5.65 Å². The van der Waals surface area contributed by atoms with Crippen molar-refractivity contribution >= 4 is 34.0 Å². The van der Waals surface area contributed by atoms with Crippen LogP contribution in [0.2, 0.25) is 0 Å². The standard InChI is InChI=1S/C24H28N6OS/c1-5-29-22(31)19-13-26-23(27-17-7-6-16-12-25-9-8-15(16)10-17)28-21(19)30(29)18-11-20(32-14-18)24(2,3)4/h6-7,10-11,13-14,25H,5,8-9,12H2,1-4H3,(H,26,27,28). The van der Waals surface area contributed by atoms with Crippen LogP contribution in [0, 0.1) is 0 Å². The largest absolute Gasteiger partial charge is 0.324 e. The Kier molecular flexibility index (Phi) is 5.14. The highest BCUT2D eigenvalue weighted by atomic mass is 32.1. The van der Waals surface area contributed by atoms with Crippen molar-refractivity contribution in [3.05, 3.63) is 62.2 Å². The zero-order valence-electron chi connectivity index (χ0n) is 18.9. The molecular formula is C24H28N6OS. The van der Waals surface area contributed by atoms with Crippen LogP contribution in [0.15, 0.2) is 40.6 Å². The quantitative estimate of drug-likeness (QED) is 0.485. The molecule has 1 aliphatic rings. The molecule has 0 spiro atoms. The van der Waals surface area contributed by atoms with E-state index in [-0.39, 0.29) is 11.0 Å². The van der Waals surface area contributed by atoms with Gasteiger partial charge in [-0.15, -0.1) is 11.3 Å². The fourth-order valence-electron chi connectivity index (χ4n) is 4.15. The maximum atomic E-state index is 13.0. The second-order valence-electron chi connectivity index (χ2n) is 9.22. The van der Waals surface area contributed by atoms with Gasteiger partial charge >= 0.3 is 0 Å². The Bertz CT molecular complexity index is 1360. The normalized spacial score (nSPS) is 14.0. The minimum absolute atomic E-state index is 0.0485. The second-order valence-corrected chi connectivity index (χ2v) is 10.1. The first-order valence-corrected chi connectivity index (χ1v) is 11.9. The van der Waals surface area contributed by atoms with Gasteiger partial charge in [0.05, 0.1) is 5.69 Å². The second kappa shape index (κ2) is 7.86. The van der Waals surface area contributed by atoms with Gasteiger partial charge in [-0.25, -0.2) is 14.3 Å². The van der Waals surface area contributed by atoms with Crippen LogP contribution < -0.4 is 16.2 Å².